The molecule has 3 N–H and O–H groups in total. The number of rotatable bonds is 11. The third-order valence-corrected chi connectivity index (χ3v) is 6.22. The van der Waals surface area contributed by atoms with Gasteiger partial charge in [0.05, 0.1) is 12.8 Å². The predicted octanol–water partition coefficient (Wildman–Crippen LogP) is 5.66. The zero-order valence-electron chi connectivity index (χ0n) is 23.0. The molecule has 0 spiro atoms. The number of amides is 3. The van der Waals surface area contributed by atoms with Gasteiger partial charge in [0.25, 0.3) is 5.91 Å². The highest BCUT2D eigenvalue weighted by molar-refractivity contribution is 9.10. The Hall–Kier alpha value is -4.18. The molecule has 210 valence electrons. The van der Waals surface area contributed by atoms with Crippen LogP contribution in [-0.4, -0.2) is 37.1 Å². The highest BCUT2D eigenvalue weighted by Gasteiger charge is 2.14. The predicted molar refractivity (Wildman–Crippen MR) is 160 cm³/mol. The van der Waals surface area contributed by atoms with Crippen molar-refractivity contribution < 1.29 is 23.9 Å². The first kappa shape index (κ1) is 30.4. The molecular weight excluding hydrogens is 576 g/mol. The van der Waals surface area contributed by atoms with E-state index in [9.17, 15) is 14.4 Å². The second-order valence-corrected chi connectivity index (χ2v) is 10.1. The van der Waals surface area contributed by atoms with Gasteiger partial charge in [-0.1, -0.05) is 47.0 Å². The van der Waals surface area contributed by atoms with Crippen LogP contribution >= 0.6 is 15.9 Å². The number of hydrogen-bond donors (Lipinski definition) is 3. The summed E-state index contributed by atoms with van der Waals surface area (Å²) in [7, 11) is 0. The average Bonchev–Trinajstić information content (AvgIpc) is 2.91. The van der Waals surface area contributed by atoms with Crippen LogP contribution in [0.1, 0.15) is 42.0 Å². The number of carbonyl (C=O) groups is 3. The summed E-state index contributed by atoms with van der Waals surface area (Å²) in [4.78, 5) is 37.1. The minimum Gasteiger partial charge on any atom is -0.494 e. The van der Waals surface area contributed by atoms with Crippen LogP contribution in [0.3, 0.4) is 0 Å². The summed E-state index contributed by atoms with van der Waals surface area (Å²) in [6, 6.07) is 15.9. The van der Waals surface area contributed by atoms with Gasteiger partial charge in [-0.25, -0.2) is 5.43 Å². The highest BCUT2D eigenvalue weighted by atomic mass is 79.9. The minimum atomic E-state index is -0.944. The van der Waals surface area contributed by atoms with Crippen LogP contribution in [0.2, 0.25) is 0 Å². The van der Waals surface area contributed by atoms with Crippen molar-refractivity contribution in [3.8, 4) is 11.5 Å². The summed E-state index contributed by atoms with van der Waals surface area (Å²) in [6.45, 7) is 8.35. The fourth-order valence-electron chi connectivity index (χ4n) is 3.82. The Bertz CT molecular complexity index is 1370. The Morgan fingerprint density at radius 3 is 2.27 bits per heavy atom. The molecule has 3 amide bonds. The molecule has 40 heavy (non-hydrogen) atoms. The Balaban J connectivity index is 1.55. The van der Waals surface area contributed by atoms with E-state index in [0.29, 0.717) is 29.4 Å². The van der Waals surface area contributed by atoms with Crippen LogP contribution in [0.15, 0.2) is 64.2 Å². The summed E-state index contributed by atoms with van der Waals surface area (Å²) in [6.07, 6.45) is 3.32. The first-order chi connectivity index (χ1) is 19.2. The lowest BCUT2D eigenvalue weighted by molar-refractivity contribution is -0.136. The smallest absolute Gasteiger partial charge is 0.329 e. The molecule has 3 aromatic carbocycles. The molecule has 10 heteroatoms. The van der Waals surface area contributed by atoms with E-state index in [0.717, 1.165) is 39.7 Å². The number of benzene rings is 3. The van der Waals surface area contributed by atoms with Gasteiger partial charge in [-0.2, -0.15) is 5.10 Å². The van der Waals surface area contributed by atoms with Gasteiger partial charge in [0, 0.05) is 21.4 Å². The molecule has 0 heterocycles. The van der Waals surface area contributed by atoms with Crippen molar-refractivity contribution in [2.75, 3.05) is 23.8 Å². The Morgan fingerprint density at radius 1 is 0.900 bits per heavy atom. The molecule has 0 radical (unpaired) electrons. The van der Waals surface area contributed by atoms with E-state index in [1.54, 1.807) is 42.5 Å². The largest absolute Gasteiger partial charge is 0.494 e. The maximum Gasteiger partial charge on any atom is 0.329 e. The molecule has 0 aliphatic heterocycles. The van der Waals surface area contributed by atoms with E-state index < -0.39 is 11.8 Å². The van der Waals surface area contributed by atoms with Crippen LogP contribution in [0.4, 0.5) is 11.4 Å². The number of halogens is 1. The second kappa shape index (κ2) is 14.8. The van der Waals surface area contributed by atoms with Crippen LogP contribution in [-0.2, 0) is 14.4 Å². The first-order valence-electron chi connectivity index (χ1n) is 12.8. The third kappa shape index (κ3) is 9.23. The second-order valence-electron chi connectivity index (χ2n) is 9.17. The number of nitrogens with zero attached hydrogens (tertiary/aromatic N) is 1. The van der Waals surface area contributed by atoms with Gasteiger partial charge < -0.3 is 20.1 Å². The molecule has 0 aromatic heterocycles. The summed E-state index contributed by atoms with van der Waals surface area (Å²) in [5, 5.41) is 9.29. The van der Waals surface area contributed by atoms with Gasteiger partial charge in [0.2, 0.25) is 0 Å². The summed E-state index contributed by atoms with van der Waals surface area (Å²) < 4.78 is 12.1. The fraction of sp³-hybridized carbons (Fsp3) is 0.267. The Morgan fingerprint density at radius 2 is 1.60 bits per heavy atom. The molecule has 0 bridgehead atoms. The van der Waals surface area contributed by atoms with Crippen molar-refractivity contribution in [2.24, 2.45) is 5.10 Å². The van der Waals surface area contributed by atoms with Crippen molar-refractivity contribution in [1.82, 2.24) is 5.43 Å². The molecule has 9 nitrogen and oxygen atoms in total. The van der Waals surface area contributed by atoms with Crippen LogP contribution < -0.4 is 25.5 Å². The monoisotopic (exact) mass is 608 g/mol. The van der Waals surface area contributed by atoms with Gasteiger partial charge in [-0.15, -0.1) is 0 Å². The van der Waals surface area contributed by atoms with E-state index in [-0.39, 0.29) is 12.5 Å². The SMILES string of the molecule is CCCCOc1ccc(NC(=O)C(=O)N/N=C\c2cc(Br)ccc2OCC(=O)Nc2c(C)cc(C)cc2C)cc1. The number of nitrogens with one attached hydrogen (secondary N) is 3. The molecular formula is C30H33BrN4O5. The maximum atomic E-state index is 12.6. The normalized spacial score (nSPS) is 10.7. The minimum absolute atomic E-state index is 0.230. The van der Waals surface area contributed by atoms with E-state index in [4.69, 9.17) is 9.47 Å². The molecule has 0 aliphatic rings. The molecule has 0 saturated carbocycles. The first-order valence-corrected chi connectivity index (χ1v) is 13.6. The maximum absolute atomic E-state index is 12.6. The van der Waals surface area contributed by atoms with Gasteiger partial charge in [-0.05, 0) is 80.8 Å². The van der Waals surface area contributed by atoms with Crippen LogP contribution in [0.5, 0.6) is 11.5 Å². The highest BCUT2D eigenvalue weighted by Crippen LogP contribution is 2.24. The molecule has 3 rings (SSSR count). The number of carbonyl (C=O) groups excluding carboxylic acids is 3. The Kier molecular flexibility index (Phi) is 11.3. The van der Waals surface area contributed by atoms with Gasteiger partial charge in [0.15, 0.2) is 6.61 Å². The lowest BCUT2D eigenvalue weighted by Crippen LogP contribution is -2.32. The third-order valence-electron chi connectivity index (χ3n) is 5.73. The van der Waals surface area contributed by atoms with Crippen molar-refractivity contribution in [2.45, 2.75) is 40.5 Å². The van der Waals surface area contributed by atoms with E-state index in [2.05, 4.69) is 44.0 Å². The number of unbranched alkanes of at least 4 members (excludes halogenated alkanes) is 1. The average molecular weight is 610 g/mol. The molecule has 0 unspecified atom stereocenters. The van der Waals surface area contributed by atoms with Crippen molar-refractivity contribution in [3.63, 3.8) is 0 Å². The van der Waals surface area contributed by atoms with Gasteiger partial charge in [0.1, 0.15) is 11.5 Å². The molecule has 3 aromatic rings. The van der Waals surface area contributed by atoms with E-state index >= 15 is 0 Å². The van der Waals surface area contributed by atoms with Gasteiger partial charge in [-0.3, -0.25) is 14.4 Å². The van der Waals surface area contributed by atoms with E-state index in [1.807, 2.05) is 32.9 Å². The van der Waals surface area contributed by atoms with Crippen molar-refractivity contribution in [3.05, 3.63) is 81.3 Å². The van der Waals surface area contributed by atoms with Crippen LogP contribution in [0, 0.1) is 20.8 Å². The lowest BCUT2D eigenvalue weighted by Gasteiger charge is -2.14. The summed E-state index contributed by atoms with van der Waals surface area (Å²) in [5.41, 5.74) is 6.95. The number of ether oxygens (including phenoxy) is 2. The zero-order valence-corrected chi connectivity index (χ0v) is 24.6. The quantitative estimate of drug-likeness (QED) is 0.112. The fourth-order valence-corrected chi connectivity index (χ4v) is 4.19. The standard InChI is InChI=1S/C30H33BrN4O5/c1-5-6-13-39-25-10-8-24(9-11-25)33-29(37)30(38)35-32-17-22-16-23(31)7-12-26(22)40-18-27(36)34-28-20(3)14-19(2)15-21(28)4/h7-12,14-17H,5-6,13,18H2,1-4H3,(H,33,37)(H,34,36)(H,35,38)/b32-17-. The zero-order chi connectivity index (χ0) is 29.1. The number of anilines is 2. The molecule has 0 fully saturated rings. The summed E-state index contributed by atoms with van der Waals surface area (Å²) >= 11 is 3.39. The number of aryl methyl sites for hydroxylation is 3. The molecule has 0 atom stereocenters. The number of hydrazone groups is 1. The van der Waals surface area contributed by atoms with Gasteiger partial charge >= 0.3 is 11.8 Å². The number of hydrogen-bond acceptors (Lipinski definition) is 6. The topological polar surface area (TPSA) is 118 Å². The lowest BCUT2D eigenvalue weighted by atomic mass is 10.1. The van der Waals surface area contributed by atoms with Crippen molar-refractivity contribution in [1.29, 1.82) is 0 Å². The molecule has 0 saturated heterocycles. The Labute approximate surface area is 242 Å². The van der Waals surface area contributed by atoms with Crippen LogP contribution in [0.25, 0.3) is 0 Å². The van der Waals surface area contributed by atoms with Crippen molar-refractivity contribution >= 4 is 51.2 Å². The summed E-state index contributed by atoms with van der Waals surface area (Å²) in [5.74, 6) is -1.07. The molecule has 0 aliphatic carbocycles. The van der Waals surface area contributed by atoms with E-state index in [1.165, 1.54) is 6.21 Å².